The molecule has 3 heterocycles. The first-order valence-corrected chi connectivity index (χ1v) is 9.16. The van der Waals surface area contributed by atoms with Gasteiger partial charge in [-0.25, -0.2) is 0 Å². The zero-order valence-corrected chi connectivity index (χ0v) is 15.3. The molecule has 0 spiro atoms. The van der Waals surface area contributed by atoms with Crippen LogP contribution in [0, 0.1) is 18.6 Å². The molecule has 0 aliphatic carbocycles. The number of aromatic amines is 1. The van der Waals surface area contributed by atoms with Crippen molar-refractivity contribution in [2.75, 3.05) is 5.43 Å². The van der Waals surface area contributed by atoms with Crippen molar-refractivity contribution in [3.8, 4) is 0 Å². The van der Waals surface area contributed by atoms with Crippen molar-refractivity contribution >= 4 is 51.0 Å². The molecule has 0 fully saturated rings. The van der Waals surface area contributed by atoms with Crippen molar-refractivity contribution < 1.29 is 4.79 Å². The Morgan fingerprint density at radius 2 is 2.17 bits per heavy atom. The lowest BCUT2D eigenvalue weighted by Crippen LogP contribution is -2.34. The van der Waals surface area contributed by atoms with Gasteiger partial charge in [-0.3, -0.25) is 15.0 Å². The van der Waals surface area contributed by atoms with Gasteiger partial charge in [-0.05, 0) is 44.1 Å². The van der Waals surface area contributed by atoms with Crippen LogP contribution in [0.5, 0.6) is 0 Å². The number of fused-ring (bicyclic) bond motifs is 1. The Kier molecular flexibility index (Phi) is 4.22. The molecule has 0 bridgehead atoms. The van der Waals surface area contributed by atoms with Gasteiger partial charge >= 0.3 is 0 Å². The summed E-state index contributed by atoms with van der Waals surface area (Å²) in [7, 11) is 0. The molecule has 2 N–H and O–H groups in total. The highest BCUT2D eigenvalue weighted by Crippen LogP contribution is 2.27. The van der Waals surface area contributed by atoms with Gasteiger partial charge in [0.1, 0.15) is 4.83 Å². The predicted octanol–water partition coefficient (Wildman–Crippen LogP) is 3.75. The minimum absolute atomic E-state index is 0.187. The third-order valence-corrected chi connectivity index (χ3v) is 5.82. The fraction of sp³-hybridized carbons (Fsp3) is 0.267. The van der Waals surface area contributed by atoms with Crippen molar-refractivity contribution in [1.82, 2.24) is 9.66 Å². The molecule has 1 amide bonds. The van der Waals surface area contributed by atoms with Crippen molar-refractivity contribution in [1.29, 1.82) is 0 Å². The van der Waals surface area contributed by atoms with Crippen molar-refractivity contribution in [3.63, 3.8) is 0 Å². The van der Waals surface area contributed by atoms with E-state index in [0.29, 0.717) is 10.9 Å². The number of aromatic nitrogens is 2. The number of carbonyl (C=O) groups excluding carboxylic acids is 1. The molecule has 23 heavy (non-hydrogen) atoms. The summed E-state index contributed by atoms with van der Waals surface area (Å²) in [6, 6.07) is 1.78. The highest BCUT2D eigenvalue weighted by Gasteiger charge is 2.16. The lowest BCUT2D eigenvalue weighted by molar-refractivity contribution is 0.101. The van der Waals surface area contributed by atoms with Gasteiger partial charge in [0.05, 0.1) is 10.9 Å². The lowest BCUT2D eigenvalue weighted by atomic mass is 10.1. The van der Waals surface area contributed by atoms with Crippen LogP contribution >= 0.6 is 34.9 Å². The van der Waals surface area contributed by atoms with Gasteiger partial charge < -0.3 is 4.98 Å². The number of hydrogen-bond donors (Lipinski definition) is 2. The summed E-state index contributed by atoms with van der Waals surface area (Å²) in [5, 5.41) is 2.36. The third kappa shape index (κ3) is 2.77. The number of nitrogens with zero attached hydrogens (tertiary/aromatic N) is 1. The summed E-state index contributed by atoms with van der Waals surface area (Å²) in [6.07, 6.45) is 0.753. The van der Waals surface area contributed by atoms with Gasteiger partial charge in [0, 0.05) is 15.1 Å². The Bertz CT molecular complexity index is 1020. The molecule has 0 aromatic carbocycles. The number of H-pyrrole nitrogens is 1. The van der Waals surface area contributed by atoms with E-state index in [1.54, 1.807) is 11.4 Å². The molecule has 0 unspecified atom stereocenters. The SMILES string of the molecule is CCc1c(C)sc2[nH]c(=S)n(NC(=O)c3csc(C)c3)c(=O)c12. The first kappa shape index (κ1) is 16.1. The topological polar surface area (TPSA) is 66.9 Å². The minimum atomic E-state index is -0.347. The van der Waals surface area contributed by atoms with E-state index in [0.717, 1.165) is 31.2 Å². The predicted molar refractivity (Wildman–Crippen MR) is 98.1 cm³/mol. The normalized spacial score (nSPS) is 11.1. The van der Waals surface area contributed by atoms with E-state index >= 15 is 0 Å². The summed E-state index contributed by atoms with van der Waals surface area (Å²) < 4.78 is 1.31. The van der Waals surface area contributed by atoms with Gasteiger partial charge in [0.25, 0.3) is 11.5 Å². The molecule has 0 aliphatic rings. The van der Waals surface area contributed by atoms with Crippen LogP contribution < -0.4 is 11.0 Å². The fourth-order valence-corrected chi connectivity index (χ4v) is 4.62. The molecule has 0 saturated carbocycles. The van der Waals surface area contributed by atoms with E-state index in [-0.39, 0.29) is 16.2 Å². The Morgan fingerprint density at radius 1 is 1.43 bits per heavy atom. The largest absolute Gasteiger partial charge is 0.322 e. The van der Waals surface area contributed by atoms with Crippen molar-refractivity contribution in [2.45, 2.75) is 27.2 Å². The molecular weight excluding hydrogens is 350 g/mol. The van der Waals surface area contributed by atoms with E-state index in [1.807, 2.05) is 20.8 Å². The number of amides is 1. The first-order chi connectivity index (χ1) is 10.9. The van der Waals surface area contributed by atoms with Crippen LogP contribution in [0.3, 0.4) is 0 Å². The molecule has 0 atom stereocenters. The fourth-order valence-electron chi connectivity index (χ4n) is 2.51. The second kappa shape index (κ2) is 6.03. The number of nitrogens with one attached hydrogen (secondary N) is 2. The van der Waals surface area contributed by atoms with Gasteiger partial charge in [-0.2, -0.15) is 4.68 Å². The number of hydrogen-bond acceptors (Lipinski definition) is 5. The van der Waals surface area contributed by atoms with Crippen LogP contribution in [0.25, 0.3) is 10.2 Å². The van der Waals surface area contributed by atoms with E-state index in [2.05, 4.69) is 10.4 Å². The smallest absolute Gasteiger partial charge is 0.282 e. The van der Waals surface area contributed by atoms with Crippen LogP contribution in [-0.4, -0.2) is 15.6 Å². The Morgan fingerprint density at radius 3 is 2.78 bits per heavy atom. The molecule has 0 aliphatic heterocycles. The zero-order chi connectivity index (χ0) is 16.7. The number of aryl methyl sites for hydroxylation is 3. The average molecular weight is 366 g/mol. The maximum atomic E-state index is 12.8. The summed E-state index contributed by atoms with van der Waals surface area (Å²) in [6.45, 7) is 5.91. The molecule has 120 valence electrons. The van der Waals surface area contributed by atoms with E-state index in [9.17, 15) is 9.59 Å². The van der Waals surface area contributed by atoms with Gasteiger partial charge in [-0.1, -0.05) is 6.92 Å². The Labute approximate surface area is 145 Å². The number of carbonyl (C=O) groups is 1. The van der Waals surface area contributed by atoms with Gasteiger partial charge in [-0.15, -0.1) is 22.7 Å². The van der Waals surface area contributed by atoms with Crippen LogP contribution in [0.2, 0.25) is 0 Å². The Balaban J connectivity index is 2.12. The summed E-state index contributed by atoms with van der Waals surface area (Å²) in [4.78, 5) is 31.0. The minimum Gasteiger partial charge on any atom is -0.322 e. The monoisotopic (exact) mass is 365 g/mol. The number of rotatable bonds is 3. The van der Waals surface area contributed by atoms with Crippen LogP contribution in [0.15, 0.2) is 16.2 Å². The molecule has 0 saturated heterocycles. The average Bonchev–Trinajstić information content (AvgIpc) is 3.06. The highest BCUT2D eigenvalue weighted by molar-refractivity contribution is 7.71. The maximum absolute atomic E-state index is 12.8. The second-order valence-corrected chi connectivity index (χ2v) is 7.88. The molecule has 3 aromatic rings. The lowest BCUT2D eigenvalue weighted by Gasteiger charge is -2.08. The van der Waals surface area contributed by atoms with E-state index in [1.165, 1.54) is 22.7 Å². The Hall–Kier alpha value is -1.77. The molecular formula is C15H15N3O2S3. The molecule has 8 heteroatoms. The van der Waals surface area contributed by atoms with Gasteiger partial charge in [0.15, 0.2) is 0 Å². The van der Waals surface area contributed by atoms with E-state index < -0.39 is 0 Å². The number of thiophene rings is 2. The molecule has 3 rings (SSSR count). The van der Waals surface area contributed by atoms with Gasteiger partial charge in [0.2, 0.25) is 4.77 Å². The van der Waals surface area contributed by atoms with Crippen LogP contribution in [-0.2, 0) is 6.42 Å². The summed E-state index contributed by atoms with van der Waals surface area (Å²) in [5.74, 6) is -0.347. The van der Waals surface area contributed by atoms with Crippen molar-refractivity contribution in [2.24, 2.45) is 0 Å². The highest BCUT2D eigenvalue weighted by atomic mass is 32.1. The second-order valence-electron chi connectivity index (χ2n) is 5.15. The zero-order valence-electron chi connectivity index (χ0n) is 12.9. The quantitative estimate of drug-likeness (QED) is 0.695. The molecule has 5 nitrogen and oxygen atoms in total. The summed E-state index contributed by atoms with van der Waals surface area (Å²) >= 11 is 8.23. The third-order valence-electron chi connectivity index (χ3n) is 3.61. The van der Waals surface area contributed by atoms with Crippen LogP contribution in [0.1, 0.15) is 32.6 Å². The summed E-state index contributed by atoms with van der Waals surface area (Å²) in [5.41, 5.74) is 3.83. The van der Waals surface area contributed by atoms with Crippen LogP contribution in [0.4, 0.5) is 0 Å². The maximum Gasteiger partial charge on any atom is 0.282 e. The standard InChI is InChI=1S/C15H15N3O2S3/c1-4-10-8(3)23-13-11(10)14(20)18(15(21)16-13)17-12(19)9-5-7(2)22-6-9/h5-6H,4H2,1-3H3,(H,16,21)(H,17,19). The van der Waals surface area contributed by atoms with Crippen molar-refractivity contribution in [3.05, 3.63) is 47.5 Å². The first-order valence-electron chi connectivity index (χ1n) is 7.06. The molecule has 3 aromatic heterocycles. The van der Waals surface area contributed by atoms with E-state index in [4.69, 9.17) is 12.2 Å². The molecule has 0 radical (unpaired) electrons.